The third-order valence-electron chi connectivity index (χ3n) is 1.74. The molecular formula is C9H19NO. The molecule has 0 rings (SSSR count). The average Bonchev–Trinajstić information content (AvgIpc) is 1.87. The minimum Gasteiger partial charge on any atom is -0.340 e. The highest BCUT2D eigenvalue weighted by Crippen LogP contribution is 2.11. The van der Waals surface area contributed by atoms with Gasteiger partial charge in [0.1, 0.15) is 0 Å². The fourth-order valence-corrected chi connectivity index (χ4v) is 0.875. The molecule has 0 N–H and O–H groups in total. The topological polar surface area (TPSA) is 20.3 Å². The van der Waals surface area contributed by atoms with Gasteiger partial charge in [0.25, 0.3) is 0 Å². The molecule has 0 fully saturated rings. The molecule has 0 atom stereocenters. The van der Waals surface area contributed by atoms with E-state index in [1.165, 1.54) is 0 Å². The highest BCUT2D eigenvalue weighted by molar-refractivity contribution is 5.48. The fraction of sp³-hybridized carbons (Fsp3) is 0.889. The molecule has 2 heteroatoms. The molecule has 11 heavy (non-hydrogen) atoms. The fourth-order valence-electron chi connectivity index (χ4n) is 0.875. The zero-order valence-electron chi connectivity index (χ0n) is 8.05. The Morgan fingerprint density at radius 3 is 2.18 bits per heavy atom. The van der Waals surface area contributed by atoms with Crippen molar-refractivity contribution < 1.29 is 4.79 Å². The highest BCUT2D eigenvalue weighted by atomic mass is 16.1. The maximum absolute atomic E-state index is 10.6. The minimum atomic E-state index is -0.0169. The van der Waals surface area contributed by atoms with Gasteiger partial charge in [0, 0.05) is 12.1 Å². The predicted molar refractivity (Wildman–Crippen MR) is 47.4 cm³/mol. The highest BCUT2D eigenvalue weighted by Gasteiger charge is 2.17. The van der Waals surface area contributed by atoms with Crippen LogP contribution in [0.2, 0.25) is 0 Å². The van der Waals surface area contributed by atoms with Gasteiger partial charge < -0.3 is 4.90 Å². The van der Waals surface area contributed by atoms with E-state index in [0.29, 0.717) is 0 Å². The largest absolute Gasteiger partial charge is 0.340 e. The molecule has 0 aliphatic carbocycles. The normalized spacial score (nSPS) is 11.3. The van der Waals surface area contributed by atoms with E-state index in [-0.39, 0.29) is 5.54 Å². The van der Waals surface area contributed by atoms with Crippen molar-refractivity contribution in [2.45, 2.75) is 46.1 Å². The van der Waals surface area contributed by atoms with Crippen LogP contribution in [-0.2, 0) is 4.79 Å². The Morgan fingerprint density at radius 2 is 1.91 bits per heavy atom. The molecule has 66 valence electrons. The van der Waals surface area contributed by atoms with Crippen molar-refractivity contribution >= 4 is 6.41 Å². The molecule has 1 amide bonds. The number of carbonyl (C=O) groups is 1. The van der Waals surface area contributed by atoms with Gasteiger partial charge in [-0.3, -0.25) is 4.79 Å². The van der Waals surface area contributed by atoms with Crippen molar-refractivity contribution in [1.29, 1.82) is 0 Å². The second kappa shape index (κ2) is 4.37. The van der Waals surface area contributed by atoms with E-state index in [4.69, 9.17) is 0 Å². The third-order valence-corrected chi connectivity index (χ3v) is 1.74. The Bertz CT molecular complexity index is 115. The number of carbonyl (C=O) groups excluding carboxylic acids is 1. The van der Waals surface area contributed by atoms with Crippen LogP contribution in [0.1, 0.15) is 40.5 Å². The Kier molecular flexibility index (Phi) is 4.16. The zero-order valence-corrected chi connectivity index (χ0v) is 8.05. The second-order valence-corrected chi connectivity index (χ2v) is 3.82. The first-order chi connectivity index (χ1) is 5.02. The predicted octanol–water partition coefficient (Wildman–Crippen LogP) is 2.04. The van der Waals surface area contributed by atoms with E-state index in [0.717, 1.165) is 25.8 Å². The summed E-state index contributed by atoms with van der Waals surface area (Å²) in [5, 5.41) is 0. The molecule has 0 saturated carbocycles. The summed E-state index contributed by atoms with van der Waals surface area (Å²) < 4.78 is 0. The van der Waals surface area contributed by atoms with Gasteiger partial charge in [-0.15, -0.1) is 0 Å². The molecule has 0 aliphatic rings. The van der Waals surface area contributed by atoms with Gasteiger partial charge >= 0.3 is 0 Å². The van der Waals surface area contributed by atoms with E-state index in [1.54, 1.807) is 0 Å². The first-order valence-corrected chi connectivity index (χ1v) is 4.24. The van der Waals surface area contributed by atoms with Crippen LogP contribution in [0.25, 0.3) is 0 Å². The summed E-state index contributed by atoms with van der Waals surface area (Å²) in [7, 11) is 0. The number of unbranched alkanes of at least 4 members (excludes halogenated alkanes) is 1. The Hall–Kier alpha value is -0.530. The van der Waals surface area contributed by atoms with Crippen LogP contribution in [0.5, 0.6) is 0 Å². The second-order valence-electron chi connectivity index (χ2n) is 3.82. The summed E-state index contributed by atoms with van der Waals surface area (Å²) in [5.41, 5.74) is -0.0169. The standard InChI is InChI=1S/C9H19NO/c1-5-6-7-10(8-11)9(2,3)4/h8H,5-7H2,1-4H3. The van der Waals surface area contributed by atoms with Crippen LogP contribution < -0.4 is 0 Å². The number of hydrogen-bond acceptors (Lipinski definition) is 1. The van der Waals surface area contributed by atoms with Crippen molar-refractivity contribution in [2.75, 3.05) is 6.54 Å². The quantitative estimate of drug-likeness (QED) is 0.572. The van der Waals surface area contributed by atoms with Crippen molar-refractivity contribution in [1.82, 2.24) is 4.90 Å². The van der Waals surface area contributed by atoms with Crippen LogP contribution in [0, 0.1) is 0 Å². The first-order valence-electron chi connectivity index (χ1n) is 4.24. The summed E-state index contributed by atoms with van der Waals surface area (Å²) in [6.07, 6.45) is 3.17. The molecule has 2 nitrogen and oxygen atoms in total. The van der Waals surface area contributed by atoms with Crippen LogP contribution >= 0.6 is 0 Å². The van der Waals surface area contributed by atoms with Gasteiger partial charge in [-0.2, -0.15) is 0 Å². The molecule has 0 unspecified atom stereocenters. The molecule has 0 aromatic carbocycles. The van der Waals surface area contributed by atoms with Gasteiger partial charge in [0.15, 0.2) is 0 Å². The maximum atomic E-state index is 10.6. The lowest BCUT2D eigenvalue weighted by atomic mass is 10.1. The lowest BCUT2D eigenvalue weighted by Crippen LogP contribution is -2.40. The van der Waals surface area contributed by atoms with Crippen molar-refractivity contribution in [3.05, 3.63) is 0 Å². The lowest BCUT2D eigenvalue weighted by molar-refractivity contribution is -0.122. The third kappa shape index (κ3) is 4.02. The summed E-state index contributed by atoms with van der Waals surface area (Å²) >= 11 is 0. The molecule has 0 aliphatic heterocycles. The first kappa shape index (κ1) is 10.5. The number of hydrogen-bond donors (Lipinski definition) is 0. The van der Waals surface area contributed by atoms with Gasteiger partial charge in [-0.25, -0.2) is 0 Å². The molecule has 0 aromatic rings. The molecule has 0 bridgehead atoms. The van der Waals surface area contributed by atoms with Gasteiger partial charge in [0.05, 0.1) is 0 Å². The SMILES string of the molecule is CCCCN(C=O)C(C)(C)C. The molecule has 0 saturated heterocycles. The van der Waals surface area contributed by atoms with Crippen LogP contribution in [0.4, 0.5) is 0 Å². The van der Waals surface area contributed by atoms with Crippen LogP contribution in [0.15, 0.2) is 0 Å². The van der Waals surface area contributed by atoms with E-state index < -0.39 is 0 Å². The van der Waals surface area contributed by atoms with E-state index in [1.807, 2.05) is 4.90 Å². The molecule has 0 radical (unpaired) electrons. The van der Waals surface area contributed by atoms with Gasteiger partial charge in [-0.05, 0) is 27.2 Å². The maximum Gasteiger partial charge on any atom is 0.210 e. The monoisotopic (exact) mass is 157 g/mol. The van der Waals surface area contributed by atoms with E-state index in [9.17, 15) is 4.79 Å². The van der Waals surface area contributed by atoms with Crippen molar-refractivity contribution in [2.24, 2.45) is 0 Å². The summed E-state index contributed by atoms with van der Waals surface area (Å²) in [5.74, 6) is 0. The minimum absolute atomic E-state index is 0.0169. The van der Waals surface area contributed by atoms with Crippen LogP contribution in [0.3, 0.4) is 0 Å². The van der Waals surface area contributed by atoms with Crippen LogP contribution in [-0.4, -0.2) is 23.4 Å². The Labute approximate surface area is 69.6 Å². The Morgan fingerprint density at radius 1 is 1.36 bits per heavy atom. The number of rotatable bonds is 4. The zero-order chi connectivity index (χ0) is 8.91. The smallest absolute Gasteiger partial charge is 0.210 e. The van der Waals surface area contributed by atoms with Crippen molar-refractivity contribution in [3.8, 4) is 0 Å². The number of amides is 1. The van der Waals surface area contributed by atoms with Gasteiger partial charge in [0.2, 0.25) is 6.41 Å². The average molecular weight is 157 g/mol. The molecule has 0 spiro atoms. The van der Waals surface area contributed by atoms with E-state index >= 15 is 0 Å². The van der Waals surface area contributed by atoms with Crippen molar-refractivity contribution in [3.63, 3.8) is 0 Å². The van der Waals surface area contributed by atoms with Gasteiger partial charge in [-0.1, -0.05) is 13.3 Å². The lowest BCUT2D eigenvalue weighted by Gasteiger charge is -2.32. The molecule has 0 heterocycles. The molecular weight excluding hydrogens is 138 g/mol. The molecule has 0 aromatic heterocycles. The Balaban J connectivity index is 3.86. The van der Waals surface area contributed by atoms with E-state index in [2.05, 4.69) is 27.7 Å². The summed E-state index contributed by atoms with van der Waals surface area (Å²) in [6.45, 7) is 9.17. The summed E-state index contributed by atoms with van der Waals surface area (Å²) in [6, 6.07) is 0. The number of nitrogens with zero attached hydrogens (tertiary/aromatic N) is 1. The summed E-state index contributed by atoms with van der Waals surface area (Å²) in [4.78, 5) is 12.4.